The van der Waals surface area contributed by atoms with Crippen LogP contribution in [0.3, 0.4) is 0 Å². The summed E-state index contributed by atoms with van der Waals surface area (Å²) in [5.74, 6) is 0.975. The van der Waals surface area contributed by atoms with E-state index in [1.807, 2.05) is 6.07 Å². The number of aromatic nitrogens is 1. The number of rotatable bonds is 3. The van der Waals surface area contributed by atoms with Crippen molar-refractivity contribution in [2.75, 3.05) is 18.0 Å². The van der Waals surface area contributed by atoms with Crippen molar-refractivity contribution in [1.29, 1.82) is 0 Å². The zero-order chi connectivity index (χ0) is 10.8. The van der Waals surface area contributed by atoms with Crippen LogP contribution in [0.4, 0.5) is 9.70 Å². The second kappa shape index (κ2) is 4.23. The van der Waals surface area contributed by atoms with Crippen LogP contribution < -0.4 is 4.90 Å². The third-order valence-electron chi connectivity index (χ3n) is 2.52. The molecule has 2 heterocycles. The number of nitrogens with zero attached hydrogens (tertiary/aromatic N) is 2. The summed E-state index contributed by atoms with van der Waals surface area (Å²) < 4.78 is 12.4. The van der Waals surface area contributed by atoms with Gasteiger partial charge in [0.05, 0.1) is 17.0 Å². The van der Waals surface area contributed by atoms with Gasteiger partial charge in [-0.1, -0.05) is 13.5 Å². The molecule has 2 nitrogen and oxygen atoms in total. The fraction of sp³-hybridized carbons (Fsp3) is 0.364. The van der Waals surface area contributed by atoms with Gasteiger partial charge in [-0.25, -0.2) is 4.98 Å². The summed E-state index contributed by atoms with van der Waals surface area (Å²) in [4.78, 5) is 7.04. The molecule has 0 aromatic carbocycles. The molecule has 1 fully saturated rings. The van der Waals surface area contributed by atoms with Crippen molar-refractivity contribution in [2.24, 2.45) is 0 Å². The topological polar surface area (TPSA) is 16.1 Å². The molecule has 2 rings (SSSR count). The van der Waals surface area contributed by atoms with Gasteiger partial charge in [-0.05, 0) is 23.6 Å². The average Bonchev–Trinajstić information content (AvgIpc) is 2.24. The highest BCUT2D eigenvalue weighted by Gasteiger charge is 2.21. The van der Waals surface area contributed by atoms with E-state index in [1.165, 1.54) is 5.57 Å². The lowest BCUT2D eigenvalue weighted by atomic mass is 10.1. The molecular weight excluding hydrogens is 211 g/mol. The largest absolute Gasteiger partial charge is 0.348 e. The molecule has 1 aromatic heterocycles. The van der Waals surface area contributed by atoms with Crippen LogP contribution in [-0.2, 0) is 6.42 Å². The first kappa shape index (κ1) is 10.5. The molecule has 15 heavy (non-hydrogen) atoms. The first-order valence-electron chi connectivity index (χ1n) is 4.93. The Kier molecular flexibility index (Phi) is 2.95. The lowest BCUT2D eigenvalue weighted by molar-refractivity contribution is 0.751. The van der Waals surface area contributed by atoms with Crippen molar-refractivity contribution in [2.45, 2.75) is 18.2 Å². The van der Waals surface area contributed by atoms with Crippen LogP contribution in [0.25, 0.3) is 0 Å². The van der Waals surface area contributed by atoms with Crippen molar-refractivity contribution in [3.8, 4) is 0 Å². The second-order valence-electron chi connectivity index (χ2n) is 3.69. The molecule has 0 saturated carbocycles. The van der Waals surface area contributed by atoms with E-state index < -0.39 is 0 Å². The first-order valence-corrected chi connectivity index (χ1v) is 5.65. The maximum Gasteiger partial charge on any atom is 0.132 e. The van der Waals surface area contributed by atoms with Gasteiger partial charge in [0.25, 0.3) is 0 Å². The summed E-state index contributed by atoms with van der Waals surface area (Å²) in [5.41, 5.74) is 2.33. The van der Waals surface area contributed by atoms with Gasteiger partial charge in [0, 0.05) is 19.3 Å². The highest BCUT2D eigenvalue weighted by atomic mass is 32.2. The van der Waals surface area contributed by atoms with Crippen LogP contribution in [-0.4, -0.2) is 18.1 Å². The van der Waals surface area contributed by atoms with E-state index in [0.29, 0.717) is 4.90 Å². The smallest absolute Gasteiger partial charge is 0.132 e. The monoisotopic (exact) mass is 224 g/mol. The van der Waals surface area contributed by atoms with E-state index in [4.69, 9.17) is 0 Å². The minimum Gasteiger partial charge on any atom is -0.348 e. The van der Waals surface area contributed by atoms with E-state index in [2.05, 4.69) is 23.4 Å². The van der Waals surface area contributed by atoms with Gasteiger partial charge in [0.1, 0.15) is 5.82 Å². The van der Waals surface area contributed by atoms with Crippen LogP contribution in [0.2, 0.25) is 0 Å². The Morgan fingerprint density at radius 3 is 2.87 bits per heavy atom. The molecule has 0 aliphatic carbocycles. The first-order chi connectivity index (χ1) is 7.24. The predicted molar refractivity (Wildman–Crippen MR) is 61.9 cm³/mol. The maximum absolute atomic E-state index is 12.4. The molecule has 0 unspecified atom stereocenters. The lowest BCUT2D eigenvalue weighted by Crippen LogP contribution is -2.40. The summed E-state index contributed by atoms with van der Waals surface area (Å²) in [6.45, 7) is 7.70. The molecule has 4 heteroatoms. The van der Waals surface area contributed by atoms with Gasteiger partial charge < -0.3 is 4.90 Å². The highest BCUT2D eigenvalue weighted by molar-refractivity contribution is 7.94. The lowest BCUT2D eigenvalue weighted by Gasteiger charge is -2.35. The quantitative estimate of drug-likeness (QED) is 0.734. The number of anilines is 1. The predicted octanol–water partition coefficient (Wildman–Crippen LogP) is 3.00. The van der Waals surface area contributed by atoms with E-state index in [1.54, 1.807) is 6.20 Å². The maximum atomic E-state index is 12.4. The minimum absolute atomic E-state index is 0.246. The highest BCUT2D eigenvalue weighted by Crippen LogP contribution is 2.28. The zero-order valence-corrected chi connectivity index (χ0v) is 9.48. The summed E-state index contributed by atoms with van der Waals surface area (Å²) in [6, 6.07) is 1.87. The molecule has 0 bridgehead atoms. The fourth-order valence-corrected chi connectivity index (χ4v) is 1.99. The number of halogens is 1. The second-order valence-corrected chi connectivity index (χ2v) is 4.32. The van der Waals surface area contributed by atoms with Crippen molar-refractivity contribution in [3.05, 3.63) is 30.0 Å². The van der Waals surface area contributed by atoms with Gasteiger partial charge >= 0.3 is 0 Å². The van der Waals surface area contributed by atoms with Crippen molar-refractivity contribution < 1.29 is 3.89 Å². The Morgan fingerprint density at radius 2 is 2.33 bits per heavy atom. The zero-order valence-electron chi connectivity index (χ0n) is 8.66. The van der Waals surface area contributed by atoms with Crippen molar-refractivity contribution in [1.82, 2.24) is 4.98 Å². The van der Waals surface area contributed by atoms with E-state index in [0.717, 1.165) is 30.9 Å². The van der Waals surface area contributed by atoms with Crippen molar-refractivity contribution >= 4 is 18.0 Å². The van der Waals surface area contributed by atoms with E-state index in [-0.39, 0.29) is 12.1 Å². The van der Waals surface area contributed by atoms with E-state index >= 15 is 0 Å². The Bertz CT molecular complexity index is 384. The van der Waals surface area contributed by atoms with Crippen molar-refractivity contribution in [3.63, 3.8) is 0 Å². The van der Waals surface area contributed by atoms with Crippen LogP contribution in [0.15, 0.2) is 29.3 Å². The molecule has 1 aliphatic rings. The molecule has 80 valence electrons. The molecular formula is C11H13FN2S. The minimum atomic E-state index is 0.246. The van der Waals surface area contributed by atoms with Gasteiger partial charge in [0.2, 0.25) is 0 Å². The van der Waals surface area contributed by atoms with E-state index in [9.17, 15) is 3.89 Å². The Morgan fingerprint density at radius 1 is 1.60 bits per heavy atom. The Hall–Kier alpha value is -1.03. The molecule has 0 radical (unpaired) electrons. The fourth-order valence-electron chi connectivity index (χ4n) is 1.71. The number of aryl methyl sites for hydroxylation is 1. The summed E-state index contributed by atoms with van der Waals surface area (Å²) in [7, 11) is 0. The van der Waals surface area contributed by atoms with Crippen LogP contribution >= 0.6 is 12.1 Å². The Balaban J connectivity index is 2.26. The van der Waals surface area contributed by atoms with Crippen LogP contribution in [0, 0.1) is 0 Å². The molecule has 1 saturated heterocycles. The third-order valence-corrected chi connectivity index (χ3v) is 2.92. The average molecular weight is 224 g/mol. The van der Waals surface area contributed by atoms with Crippen LogP contribution in [0.5, 0.6) is 0 Å². The van der Waals surface area contributed by atoms with Gasteiger partial charge in [-0.2, -0.15) is 3.89 Å². The molecule has 1 aromatic rings. The SMILES string of the molecule is C=C1CN(c2ncc(SF)cc2CC)C1. The van der Waals surface area contributed by atoms with Gasteiger partial charge in [0.15, 0.2) is 0 Å². The standard InChI is InChI=1S/C11H13FN2S/c1-3-9-4-10(15-12)5-13-11(9)14-6-8(2)7-14/h4-5H,2-3,6-7H2,1H3. The van der Waals surface area contributed by atoms with Crippen LogP contribution in [0.1, 0.15) is 12.5 Å². The number of hydrogen-bond donors (Lipinski definition) is 0. The van der Waals surface area contributed by atoms with Gasteiger partial charge in [-0.3, -0.25) is 0 Å². The molecule has 1 aliphatic heterocycles. The summed E-state index contributed by atoms with van der Waals surface area (Å²) >= 11 is 0.246. The molecule has 0 amide bonds. The number of pyridine rings is 1. The number of hydrogen-bond acceptors (Lipinski definition) is 3. The molecule has 0 spiro atoms. The molecule has 0 N–H and O–H groups in total. The summed E-state index contributed by atoms with van der Waals surface area (Å²) in [5, 5.41) is 0. The normalized spacial score (nSPS) is 15.3. The summed E-state index contributed by atoms with van der Waals surface area (Å²) in [6.07, 6.45) is 2.46. The Labute approximate surface area is 93.5 Å². The van der Waals surface area contributed by atoms with Gasteiger partial charge in [-0.15, -0.1) is 0 Å². The third kappa shape index (κ3) is 2.00. The molecule has 0 atom stereocenters.